The number of hydrogen-bond donors (Lipinski definition) is 0. The van der Waals surface area contributed by atoms with Crippen LogP contribution in [0.5, 0.6) is 0 Å². The Balaban J connectivity index is 0. The van der Waals surface area contributed by atoms with Gasteiger partial charge in [-0.2, -0.15) is 24.3 Å². The quantitative estimate of drug-likeness (QED) is 0.363. The number of halogens is 1. The molecule has 56 valence electrons. The van der Waals surface area contributed by atoms with Crippen molar-refractivity contribution in [1.82, 2.24) is 0 Å². The summed E-state index contributed by atoms with van der Waals surface area (Å²) in [5.74, 6) is 0. The minimum Gasteiger partial charge on any atom is -1.00 e. The van der Waals surface area contributed by atoms with Gasteiger partial charge in [0.05, 0.1) is 0 Å². The van der Waals surface area contributed by atoms with Crippen LogP contribution in [0.1, 0.15) is 0 Å². The third-order valence-electron chi connectivity index (χ3n) is 1.21. The molecule has 1 aromatic rings. The first kappa shape index (κ1) is 13.7. The fraction of sp³-hybridized carbons (Fsp3) is 0.250. The largest absolute Gasteiger partial charge is 2.00 e. The zero-order valence-corrected chi connectivity index (χ0v) is 9.01. The fourth-order valence-corrected chi connectivity index (χ4v) is 0.662. The van der Waals surface area contributed by atoms with Crippen molar-refractivity contribution in [3.05, 3.63) is 30.3 Å². The molecule has 3 heteroatoms. The molecule has 1 aromatic carbocycles. The number of rotatable bonds is 1. The average molecular weight is 180 g/mol. The van der Waals surface area contributed by atoms with Crippen LogP contribution in [0.4, 0.5) is 5.69 Å². The maximum Gasteiger partial charge on any atom is 2.00 e. The Morgan fingerprint density at radius 1 is 1.36 bits per heavy atom. The van der Waals surface area contributed by atoms with Crippen LogP contribution >= 0.6 is 0 Å². The van der Waals surface area contributed by atoms with Crippen molar-refractivity contribution in [1.29, 1.82) is 0 Å². The summed E-state index contributed by atoms with van der Waals surface area (Å²) < 4.78 is 0. The first-order chi connectivity index (χ1) is 4.30. The van der Waals surface area contributed by atoms with E-state index in [0.717, 1.165) is 0 Å². The molecule has 0 radical (unpaired) electrons. The molecule has 0 unspecified atom stereocenters. The summed E-state index contributed by atoms with van der Waals surface area (Å²) in [4.78, 5) is 2.05. The molecule has 0 amide bonds. The second-order valence-corrected chi connectivity index (χ2v) is 2.16. The van der Waals surface area contributed by atoms with Crippen LogP contribution in [0.3, 0.4) is 0 Å². The minimum atomic E-state index is 0. The third-order valence-corrected chi connectivity index (χ3v) is 1.21. The van der Waals surface area contributed by atoms with E-state index in [9.17, 15) is 0 Å². The topological polar surface area (TPSA) is 3.24 Å². The molecular formula is C8H10ClMgN. The molecule has 1 nitrogen and oxygen atoms in total. The summed E-state index contributed by atoms with van der Waals surface area (Å²) in [6.07, 6.45) is 0. The van der Waals surface area contributed by atoms with Crippen LogP contribution in [-0.2, 0) is 0 Å². The van der Waals surface area contributed by atoms with Crippen molar-refractivity contribution < 1.29 is 12.4 Å². The predicted molar refractivity (Wildman–Crippen MR) is 45.4 cm³/mol. The van der Waals surface area contributed by atoms with Crippen LogP contribution in [0.2, 0.25) is 0 Å². The first-order valence-electron chi connectivity index (χ1n) is 2.94. The predicted octanol–water partition coefficient (Wildman–Crippen LogP) is -1.82. The molecule has 0 N–H and O–H groups in total. The van der Waals surface area contributed by atoms with Gasteiger partial charge in [0, 0.05) is 0 Å². The zero-order valence-electron chi connectivity index (χ0n) is 6.84. The van der Waals surface area contributed by atoms with Gasteiger partial charge in [-0.25, -0.2) is 0 Å². The summed E-state index contributed by atoms with van der Waals surface area (Å²) >= 11 is 0. The maximum atomic E-state index is 3.00. The Morgan fingerprint density at radius 2 is 2.00 bits per heavy atom. The Hall–Kier alpha value is 0.0762. The number of anilines is 1. The Labute approximate surface area is 90.3 Å². The van der Waals surface area contributed by atoms with E-state index in [-0.39, 0.29) is 35.5 Å². The molecule has 0 aromatic heterocycles. The summed E-state index contributed by atoms with van der Waals surface area (Å²) in [5, 5.41) is 0. The molecule has 0 spiro atoms. The molecular weight excluding hydrogens is 170 g/mol. The third kappa shape index (κ3) is 4.51. The van der Waals surface area contributed by atoms with E-state index >= 15 is 0 Å². The second-order valence-electron chi connectivity index (χ2n) is 2.16. The normalized spacial score (nSPS) is 7.45. The van der Waals surface area contributed by atoms with Gasteiger partial charge in [-0.3, -0.25) is 0 Å². The molecule has 0 aliphatic rings. The summed E-state index contributed by atoms with van der Waals surface area (Å²) in [7, 11) is 4.03. The fourth-order valence-electron chi connectivity index (χ4n) is 0.662. The van der Waals surface area contributed by atoms with Crippen molar-refractivity contribution in [2.75, 3.05) is 19.0 Å². The molecule has 0 aliphatic heterocycles. The van der Waals surface area contributed by atoms with Crippen molar-refractivity contribution >= 4 is 28.7 Å². The van der Waals surface area contributed by atoms with Gasteiger partial charge in [0.1, 0.15) is 0 Å². The van der Waals surface area contributed by atoms with Gasteiger partial charge in [0.15, 0.2) is 0 Å². The van der Waals surface area contributed by atoms with Crippen molar-refractivity contribution in [3.8, 4) is 0 Å². The molecule has 1 rings (SSSR count). The van der Waals surface area contributed by atoms with Crippen LogP contribution in [0, 0.1) is 6.07 Å². The standard InChI is InChI=1S/C8H10N.ClH.Mg/c1-9(2)8-6-4-3-5-7-8;;/h3-4,6-7H,1-2H3;1H;/q-1;;+2/p-1. The monoisotopic (exact) mass is 179 g/mol. The van der Waals surface area contributed by atoms with Crippen LogP contribution in [-0.4, -0.2) is 37.1 Å². The molecule has 0 saturated carbocycles. The average Bonchev–Trinajstić information content (AvgIpc) is 1.90. The second kappa shape index (κ2) is 6.77. The van der Waals surface area contributed by atoms with Gasteiger partial charge in [-0.1, -0.05) is 5.69 Å². The van der Waals surface area contributed by atoms with E-state index in [4.69, 9.17) is 0 Å². The Kier molecular flexibility index (Phi) is 8.40. The van der Waals surface area contributed by atoms with Gasteiger partial charge in [0.25, 0.3) is 0 Å². The molecule has 0 saturated heterocycles. The summed E-state index contributed by atoms with van der Waals surface area (Å²) in [6.45, 7) is 0. The Morgan fingerprint density at radius 3 is 2.27 bits per heavy atom. The molecule has 0 fully saturated rings. The maximum absolute atomic E-state index is 3.00. The SMILES string of the molecule is CN(C)c1c[c-]ccc1.[Cl-].[Mg+2]. The molecule has 0 atom stereocenters. The zero-order chi connectivity index (χ0) is 6.69. The molecule has 11 heavy (non-hydrogen) atoms. The molecule has 0 heterocycles. The number of benzene rings is 1. The van der Waals surface area contributed by atoms with E-state index in [0.29, 0.717) is 0 Å². The van der Waals surface area contributed by atoms with Gasteiger partial charge in [-0.15, -0.1) is 6.07 Å². The smallest absolute Gasteiger partial charge is 1.00 e. The van der Waals surface area contributed by atoms with E-state index < -0.39 is 0 Å². The van der Waals surface area contributed by atoms with Crippen molar-refractivity contribution in [2.45, 2.75) is 0 Å². The van der Waals surface area contributed by atoms with Gasteiger partial charge in [0.2, 0.25) is 0 Å². The number of hydrogen-bond acceptors (Lipinski definition) is 1. The number of nitrogens with zero attached hydrogens (tertiary/aromatic N) is 1. The van der Waals surface area contributed by atoms with Crippen molar-refractivity contribution in [3.63, 3.8) is 0 Å². The molecule has 0 bridgehead atoms. The van der Waals surface area contributed by atoms with E-state index in [1.165, 1.54) is 5.69 Å². The molecule has 0 aliphatic carbocycles. The van der Waals surface area contributed by atoms with E-state index in [1.807, 2.05) is 32.3 Å². The summed E-state index contributed by atoms with van der Waals surface area (Å²) in [6, 6.07) is 10.9. The summed E-state index contributed by atoms with van der Waals surface area (Å²) in [5.41, 5.74) is 1.19. The van der Waals surface area contributed by atoms with Crippen LogP contribution in [0.25, 0.3) is 0 Å². The van der Waals surface area contributed by atoms with Gasteiger partial charge in [-0.05, 0) is 14.1 Å². The minimum absolute atomic E-state index is 0. The first-order valence-corrected chi connectivity index (χ1v) is 2.94. The Bertz CT molecular complexity index is 177. The van der Waals surface area contributed by atoms with Crippen molar-refractivity contribution in [2.24, 2.45) is 0 Å². The van der Waals surface area contributed by atoms with Crippen LogP contribution in [0.15, 0.2) is 24.3 Å². The van der Waals surface area contributed by atoms with E-state index in [2.05, 4.69) is 17.0 Å². The van der Waals surface area contributed by atoms with Crippen LogP contribution < -0.4 is 17.3 Å². The van der Waals surface area contributed by atoms with E-state index in [1.54, 1.807) is 0 Å². The van der Waals surface area contributed by atoms with Gasteiger partial charge >= 0.3 is 23.1 Å². The van der Waals surface area contributed by atoms with Gasteiger partial charge < -0.3 is 17.3 Å².